The molecule has 1 aromatic heterocycles. The SMILES string of the molecule is CCCNCc1cc(OC)ccc1OCc1cncs1. The van der Waals surface area contributed by atoms with Gasteiger partial charge in [0.1, 0.15) is 18.1 Å². The molecule has 20 heavy (non-hydrogen) atoms. The van der Waals surface area contributed by atoms with Crippen LogP contribution in [-0.2, 0) is 13.2 Å². The van der Waals surface area contributed by atoms with Crippen LogP contribution in [0.4, 0.5) is 0 Å². The van der Waals surface area contributed by atoms with Gasteiger partial charge in [0.15, 0.2) is 0 Å². The molecule has 0 unspecified atom stereocenters. The largest absolute Gasteiger partial charge is 0.497 e. The van der Waals surface area contributed by atoms with Crippen LogP contribution in [0.25, 0.3) is 0 Å². The van der Waals surface area contributed by atoms with E-state index in [1.54, 1.807) is 18.4 Å². The average molecular weight is 292 g/mol. The monoisotopic (exact) mass is 292 g/mol. The smallest absolute Gasteiger partial charge is 0.124 e. The molecule has 1 aromatic carbocycles. The zero-order valence-corrected chi connectivity index (χ0v) is 12.7. The predicted octanol–water partition coefficient (Wildman–Crippen LogP) is 3.23. The lowest BCUT2D eigenvalue weighted by Crippen LogP contribution is -2.14. The fraction of sp³-hybridized carbons (Fsp3) is 0.400. The Labute approximate surface area is 123 Å². The van der Waals surface area contributed by atoms with Crippen molar-refractivity contribution in [3.8, 4) is 11.5 Å². The van der Waals surface area contributed by atoms with Gasteiger partial charge in [0.2, 0.25) is 0 Å². The summed E-state index contributed by atoms with van der Waals surface area (Å²) in [7, 11) is 1.68. The van der Waals surface area contributed by atoms with Crippen LogP contribution in [0.1, 0.15) is 23.8 Å². The molecule has 0 aliphatic heterocycles. The van der Waals surface area contributed by atoms with Crippen molar-refractivity contribution in [2.45, 2.75) is 26.5 Å². The second kappa shape index (κ2) is 7.87. The Hall–Kier alpha value is -1.59. The fourth-order valence-electron chi connectivity index (χ4n) is 1.82. The standard InChI is InChI=1S/C15H20N2O2S/c1-3-6-16-8-12-7-13(18-2)4-5-15(12)19-10-14-9-17-11-20-14/h4-5,7,9,11,16H,3,6,8,10H2,1-2H3. The molecule has 108 valence electrons. The van der Waals surface area contributed by atoms with Gasteiger partial charge in [-0.15, -0.1) is 11.3 Å². The number of nitrogens with one attached hydrogen (secondary N) is 1. The molecule has 1 N–H and O–H groups in total. The van der Waals surface area contributed by atoms with Crippen molar-refractivity contribution in [2.75, 3.05) is 13.7 Å². The Morgan fingerprint density at radius 1 is 1.35 bits per heavy atom. The zero-order valence-electron chi connectivity index (χ0n) is 11.9. The molecular formula is C15H20N2O2S. The van der Waals surface area contributed by atoms with Crippen LogP contribution >= 0.6 is 11.3 Å². The molecule has 0 amide bonds. The molecule has 2 aromatic rings. The number of benzene rings is 1. The third kappa shape index (κ3) is 4.21. The maximum atomic E-state index is 5.89. The van der Waals surface area contributed by atoms with Crippen LogP contribution in [0, 0.1) is 0 Å². The van der Waals surface area contributed by atoms with Crippen LogP contribution in [0.2, 0.25) is 0 Å². The van der Waals surface area contributed by atoms with Crippen molar-refractivity contribution in [3.63, 3.8) is 0 Å². The van der Waals surface area contributed by atoms with Crippen molar-refractivity contribution < 1.29 is 9.47 Å². The Morgan fingerprint density at radius 2 is 2.25 bits per heavy atom. The van der Waals surface area contributed by atoms with E-state index in [9.17, 15) is 0 Å². The Balaban J connectivity index is 2.04. The first kappa shape index (κ1) is 14.8. The lowest BCUT2D eigenvalue weighted by molar-refractivity contribution is 0.304. The third-order valence-electron chi connectivity index (χ3n) is 2.86. The van der Waals surface area contributed by atoms with E-state index in [4.69, 9.17) is 9.47 Å². The van der Waals surface area contributed by atoms with Crippen LogP contribution in [-0.4, -0.2) is 18.6 Å². The molecule has 0 saturated carbocycles. The van der Waals surface area contributed by atoms with Gasteiger partial charge in [-0.25, -0.2) is 0 Å². The maximum Gasteiger partial charge on any atom is 0.124 e. The highest BCUT2D eigenvalue weighted by atomic mass is 32.1. The van der Waals surface area contributed by atoms with Crippen molar-refractivity contribution in [1.82, 2.24) is 10.3 Å². The van der Waals surface area contributed by atoms with Gasteiger partial charge >= 0.3 is 0 Å². The first-order chi connectivity index (χ1) is 9.83. The predicted molar refractivity (Wildman–Crippen MR) is 81.4 cm³/mol. The molecule has 0 aliphatic carbocycles. The Bertz CT molecular complexity index is 515. The summed E-state index contributed by atoms with van der Waals surface area (Å²) in [5.74, 6) is 1.74. The Kier molecular flexibility index (Phi) is 5.83. The lowest BCUT2D eigenvalue weighted by Gasteiger charge is -2.13. The average Bonchev–Trinajstić information content (AvgIpc) is 2.99. The van der Waals surface area contributed by atoms with E-state index >= 15 is 0 Å². The highest BCUT2D eigenvalue weighted by Crippen LogP contribution is 2.25. The number of rotatable bonds is 8. The third-order valence-corrected chi connectivity index (χ3v) is 3.62. The van der Waals surface area contributed by atoms with E-state index in [2.05, 4.69) is 17.2 Å². The quantitative estimate of drug-likeness (QED) is 0.759. The molecule has 0 atom stereocenters. The summed E-state index contributed by atoms with van der Waals surface area (Å²) in [4.78, 5) is 5.17. The van der Waals surface area contributed by atoms with Gasteiger partial charge in [0.05, 0.1) is 17.5 Å². The number of aromatic nitrogens is 1. The van der Waals surface area contributed by atoms with Gasteiger partial charge < -0.3 is 14.8 Å². The van der Waals surface area contributed by atoms with E-state index in [1.807, 2.05) is 29.9 Å². The topological polar surface area (TPSA) is 43.4 Å². The van der Waals surface area contributed by atoms with Crippen molar-refractivity contribution in [3.05, 3.63) is 40.3 Å². The first-order valence-corrected chi connectivity index (χ1v) is 7.59. The highest BCUT2D eigenvalue weighted by Gasteiger charge is 2.06. The van der Waals surface area contributed by atoms with Gasteiger partial charge in [-0.05, 0) is 31.2 Å². The van der Waals surface area contributed by atoms with E-state index in [1.165, 1.54) is 0 Å². The van der Waals surface area contributed by atoms with E-state index in [-0.39, 0.29) is 0 Å². The Morgan fingerprint density at radius 3 is 2.95 bits per heavy atom. The van der Waals surface area contributed by atoms with Crippen LogP contribution in [0.3, 0.4) is 0 Å². The number of hydrogen-bond acceptors (Lipinski definition) is 5. The summed E-state index contributed by atoms with van der Waals surface area (Å²) in [6, 6.07) is 5.90. The summed E-state index contributed by atoms with van der Waals surface area (Å²) < 4.78 is 11.2. The van der Waals surface area contributed by atoms with Crippen LogP contribution in [0.15, 0.2) is 29.9 Å². The molecule has 0 radical (unpaired) electrons. The second-order valence-corrected chi connectivity index (χ2v) is 5.38. The molecule has 5 heteroatoms. The normalized spacial score (nSPS) is 10.5. The minimum absolute atomic E-state index is 0.553. The van der Waals surface area contributed by atoms with Crippen molar-refractivity contribution in [2.24, 2.45) is 0 Å². The van der Waals surface area contributed by atoms with Gasteiger partial charge in [0, 0.05) is 18.3 Å². The van der Waals surface area contributed by atoms with Crippen molar-refractivity contribution in [1.29, 1.82) is 0 Å². The molecule has 0 aliphatic rings. The molecule has 0 saturated heterocycles. The van der Waals surface area contributed by atoms with Gasteiger partial charge in [0.25, 0.3) is 0 Å². The summed E-state index contributed by atoms with van der Waals surface area (Å²) in [5.41, 5.74) is 2.93. The summed E-state index contributed by atoms with van der Waals surface area (Å²) >= 11 is 1.60. The van der Waals surface area contributed by atoms with E-state index < -0.39 is 0 Å². The number of ether oxygens (including phenoxy) is 2. The van der Waals surface area contributed by atoms with E-state index in [0.29, 0.717) is 6.61 Å². The minimum atomic E-state index is 0.553. The molecule has 4 nitrogen and oxygen atoms in total. The number of methoxy groups -OCH3 is 1. The summed E-state index contributed by atoms with van der Waals surface area (Å²) in [6.45, 7) is 4.48. The summed E-state index contributed by atoms with van der Waals surface area (Å²) in [6.07, 6.45) is 2.95. The molecule has 1 heterocycles. The molecule has 2 rings (SSSR count). The first-order valence-electron chi connectivity index (χ1n) is 6.71. The van der Waals surface area contributed by atoms with E-state index in [0.717, 1.165) is 41.4 Å². The van der Waals surface area contributed by atoms with Crippen LogP contribution in [0.5, 0.6) is 11.5 Å². The second-order valence-electron chi connectivity index (χ2n) is 4.41. The molecule has 0 spiro atoms. The molecule has 0 fully saturated rings. The number of thiazole rings is 1. The highest BCUT2D eigenvalue weighted by molar-refractivity contribution is 7.09. The van der Waals surface area contributed by atoms with Gasteiger partial charge in [-0.1, -0.05) is 6.92 Å². The van der Waals surface area contributed by atoms with Gasteiger partial charge in [-0.3, -0.25) is 4.98 Å². The molecular weight excluding hydrogens is 272 g/mol. The fourth-order valence-corrected chi connectivity index (χ4v) is 2.33. The van der Waals surface area contributed by atoms with Crippen LogP contribution < -0.4 is 14.8 Å². The minimum Gasteiger partial charge on any atom is -0.497 e. The maximum absolute atomic E-state index is 5.89. The number of hydrogen-bond donors (Lipinski definition) is 1. The molecule has 0 bridgehead atoms. The zero-order chi connectivity index (χ0) is 14.2. The summed E-state index contributed by atoms with van der Waals surface area (Å²) in [5, 5.41) is 3.39. The van der Waals surface area contributed by atoms with Gasteiger partial charge in [-0.2, -0.15) is 0 Å². The lowest BCUT2D eigenvalue weighted by atomic mass is 10.2. The number of nitrogens with zero attached hydrogens (tertiary/aromatic N) is 1. The van der Waals surface area contributed by atoms with Crippen molar-refractivity contribution >= 4 is 11.3 Å².